The minimum Gasteiger partial charge on any atom is -0.339 e. The number of carbonyl (C=O) groups is 1. The average molecular weight is 336 g/mol. The molecule has 6 heteroatoms. The first kappa shape index (κ1) is 16.5. The Morgan fingerprint density at radius 3 is 2.35 bits per heavy atom. The smallest absolute Gasteiger partial charge is 0.223 e. The van der Waals surface area contributed by atoms with Crippen LogP contribution in [0.2, 0.25) is 0 Å². The third-order valence-electron chi connectivity index (χ3n) is 4.81. The standard InChI is InChI=1S/C17H24N2O3S/c20-17(9-12-23(21,22)16-7-3-1-4-8-16)19-13-15(14-19)18-10-5-2-6-11-18/h1,3-4,7-8,15H,2,5-6,9-14H2. The summed E-state index contributed by atoms with van der Waals surface area (Å²) in [6, 6.07) is 8.82. The molecule has 0 aliphatic carbocycles. The largest absolute Gasteiger partial charge is 0.339 e. The van der Waals surface area contributed by atoms with Crippen molar-refractivity contribution < 1.29 is 13.2 Å². The van der Waals surface area contributed by atoms with Gasteiger partial charge in [-0.15, -0.1) is 0 Å². The number of benzene rings is 1. The van der Waals surface area contributed by atoms with E-state index < -0.39 is 9.84 Å². The predicted octanol–water partition coefficient (Wildman–Crippen LogP) is 1.55. The molecule has 126 valence electrons. The van der Waals surface area contributed by atoms with Gasteiger partial charge in [0.05, 0.1) is 10.6 Å². The van der Waals surface area contributed by atoms with Crippen LogP contribution in [0, 0.1) is 0 Å². The minimum atomic E-state index is -3.36. The zero-order valence-electron chi connectivity index (χ0n) is 13.4. The Kier molecular flexibility index (Phi) is 5.02. The summed E-state index contributed by atoms with van der Waals surface area (Å²) in [6.45, 7) is 3.78. The van der Waals surface area contributed by atoms with Crippen LogP contribution in [-0.2, 0) is 14.6 Å². The molecule has 2 saturated heterocycles. The summed E-state index contributed by atoms with van der Waals surface area (Å²) in [5.41, 5.74) is 0. The number of rotatable bonds is 5. The van der Waals surface area contributed by atoms with Crippen LogP contribution in [0.25, 0.3) is 0 Å². The fourth-order valence-electron chi connectivity index (χ4n) is 3.30. The van der Waals surface area contributed by atoms with Gasteiger partial charge in [-0.25, -0.2) is 8.42 Å². The van der Waals surface area contributed by atoms with E-state index in [1.54, 1.807) is 35.2 Å². The third kappa shape index (κ3) is 3.93. The summed E-state index contributed by atoms with van der Waals surface area (Å²) in [7, 11) is -3.36. The molecule has 0 radical (unpaired) electrons. The molecule has 0 aromatic heterocycles. The van der Waals surface area contributed by atoms with Crippen LogP contribution in [0.3, 0.4) is 0 Å². The first-order valence-corrected chi connectivity index (χ1v) is 10.0. The molecule has 2 aliphatic heterocycles. The third-order valence-corrected chi connectivity index (χ3v) is 6.54. The molecule has 0 N–H and O–H groups in total. The van der Waals surface area contributed by atoms with Gasteiger partial charge in [0.1, 0.15) is 0 Å². The number of carbonyl (C=O) groups excluding carboxylic acids is 1. The van der Waals surface area contributed by atoms with E-state index in [1.807, 2.05) is 0 Å². The lowest BCUT2D eigenvalue weighted by Crippen LogP contribution is -2.61. The second kappa shape index (κ2) is 7.01. The SMILES string of the molecule is O=C(CCS(=O)(=O)c1ccccc1)N1CC(N2CCCCC2)C1. The highest BCUT2D eigenvalue weighted by molar-refractivity contribution is 7.91. The first-order chi connectivity index (χ1) is 11.1. The molecule has 0 bridgehead atoms. The molecule has 23 heavy (non-hydrogen) atoms. The topological polar surface area (TPSA) is 57.7 Å². The van der Waals surface area contributed by atoms with E-state index >= 15 is 0 Å². The zero-order chi connectivity index (χ0) is 16.3. The maximum Gasteiger partial charge on any atom is 0.223 e. The predicted molar refractivity (Wildman–Crippen MR) is 88.9 cm³/mol. The Morgan fingerprint density at radius 1 is 1.04 bits per heavy atom. The fraction of sp³-hybridized carbons (Fsp3) is 0.588. The monoisotopic (exact) mass is 336 g/mol. The molecular formula is C17H24N2O3S. The summed E-state index contributed by atoms with van der Waals surface area (Å²) in [5.74, 6) is -0.154. The van der Waals surface area contributed by atoms with Crippen LogP contribution < -0.4 is 0 Å². The summed E-state index contributed by atoms with van der Waals surface area (Å²) < 4.78 is 24.4. The second-order valence-corrected chi connectivity index (χ2v) is 8.54. The summed E-state index contributed by atoms with van der Waals surface area (Å²) >= 11 is 0. The van der Waals surface area contributed by atoms with Gasteiger partial charge in [0.15, 0.2) is 9.84 Å². The van der Waals surface area contributed by atoms with Crippen molar-refractivity contribution >= 4 is 15.7 Å². The van der Waals surface area contributed by atoms with Gasteiger partial charge < -0.3 is 4.90 Å². The van der Waals surface area contributed by atoms with Crippen molar-refractivity contribution in [2.24, 2.45) is 0 Å². The second-order valence-electron chi connectivity index (χ2n) is 6.43. The molecule has 0 unspecified atom stereocenters. The number of likely N-dealkylation sites (tertiary alicyclic amines) is 2. The van der Waals surface area contributed by atoms with Crippen molar-refractivity contribution in [2.45, 2.75) is 36.6 Å². The minimum absolute atomic E-state index is 0.0437. The number of sulfone groups is 1. The van der Waals surface area contributed by atoms with Crippen LogP contribution in [0.5, 0.6) is 0 Å². The van der Waals surface area contributed by atoms with Crippen molar-refractivity contribution in [3.8, 4) is 0 Å². The van der Waals surface area contributed by atoms with Gasteiger partial charge in [-0.2, -0.15) is 0 Å². The van der Waals surface area contributed by atoms with Crippen LogP contribution in [0.1, 0.15) is 25.7 Å². The lowest BCUT2D eigenvalue weighted by Gasteiger charge is -2.46. The van der Waals surface area contributed by atoms with Gasteiger partial charge in [0, 0.05) is 25.6 Å². The van der Waals surface area contributed by atoms with Crippen molar-refractivity contribution in [3.05, 3.63) is 30.3 Å². The molecule has 0 spiro atoms. The Hall–Kier alpha value is -1.40. The molecule has 2 fully saturated rings. The van der Waals surface area contributed by atoms with Crippen molar-refractivity contribution in [1.82, 2.24) is 9.80 Å². The molecule has 5 nitrogen and oxygen atoms in total. The van der Waals surface area contributed by atoms with Gasteiger partial charge in [-0.3, -0.25) is 9.69 Å². The summed E-state index contributed by atoms with van der Waals surface area (Å²) in [5, 5.41) is 0. The molecule has 0 atom stereocenters. The molecule has 0 saturated carbocycles. The average Bonchev–Trinajstić information content (AvgIpc) is 2.53. The van der Waals surface area contributed by atoms with Gasteiger partial charge in [-0.05, 0) is 38.1 Å². The van der Waals surface area contributed by atoms with E-state index in [0.29, 0.717) is 10.9 Å². The molecule has 2 heterocycles. The highest BCUT2D eigenvalue weighted by Gasteiger charge is 2.35. The molecular weight excluding hydrogens is 312 g/mol. The van der Waals surface area contributed by atoms with Crippen molar-refractivity contribution in [3.63, 3.8) is 0 Å². The van der Waals surface area contributed by atoms with Crippen LogP contribution >= 0.6 is 0 Å². The number of nitrogens with zero attached hydrogens (tertiary/aromatic N) is 2. The van der Waals surface area contributed by atoms with E-state index in [2.05, 4.69) is 4.90 Å². The molecule has 1 aromatic rings. The highest BCUT2D eigenvalue weighted by Crippen LogP contribution is 2.21. The van der Waals surface area contributed by atoms with E-state index in [4.69, 9.17) is 0 Å². The number of amides is 1. The van der Waals surface area contributed by atoms with E-state index in [1.165, 1.54) is 19.3 Å². The normalized spacial score (nSPS) is 20.3. The highest BCUT2D eigenvalue weighted by atomic mass is 32.2. The van der Waals surface area contributed by atoms with E-state index in [-0.39, 0.29) is 18.1 Å². The Bertz CT molecular complexity index is 633. The van der Waals surface area contributed by atoms with Crippen molar-refractivity contribution in [2.75, 3.05) is 31.9 Å². The van der Waals surface area contributed by atoms with Crippen LogP contribution in [0.4, 0.5) is 0 Å². The van der Waals surface area contributed by atoms with Gasteiger partial charge in [0.2, 0.25) is 5.91 Å². The van der Waals surface area contributed by atoms with E-state index in [9.17, 15) is 13.2 Å². The Balaban J connectivity index is 1.46. The molecule has 1 amide bonds. The number of hydrogen-bond donors (Lipinski definition) is 0. The van der Waals surface area contributed by atoms with Gasteiger partial charge in [-0.1, -0.05) is 24.6 Å². The van der Waals surface area contributed by atoms with E-state index in [0.717, 1.165) is 26.2 Å². The summed E-state index contributed by atoms with van der Waals surface area (Å²) in [4.78, 5) is 16.7. The molecule has 2 aliphatic rings. The van der Waals surface area contributed by atoms with Crippen LogP contribution in [-0.4, -0.2) is 62.1 Å². The Morgan fingerprint density at radius 2 is 1.70 bits per heavy atom. The zero-order valence-corrected chi connectivity index (χ0v) is 14.2. The summed E-state index contributed by atoms with van der Waals surface area (Å²) in [6.07, 6.45) is 3.88. The van der Waals surface area contributed by atoms with Crippen molar-refractivity contribution in [1.29, 1.82) is 0 Å². The quantitative estimate of drug-likeness (QED) is 0.818. The number of hydrogen-bond acceptors (Lipinski definition) is 4. The fourth-order valence-corrected chi connectivity index (χ4v) is 4.55. The maximum absolute atomic E-state index is 12.2. The Labute approximate surface area is 138 Å². The molecule has 1 aromatic carbocycles. The first-order valence-electron chi connectivity index (χ1n) is 8.36. The maximum atomic E-state index is 12.2. The van der Waals surface area contributed by atoms with Gasteiger partial charge in [0.25, 0.3) is 0 Å². The van der Waals surface area contributed by atoms with Gasteiger partial charge >= 0.3 is 0 Å². The lowest BCUT2D eigenvalue weighted by atomic mass is 10.0. The lowest BCUT2D eigenvalue weighted by molar-refractivity contribution is -0.138. The number of piperidine rings is 1. The molecule has 3 rings (SSSR count). The van der Waals surface area contributed by atoms with Crippen LogP contribution in [0.15, 0.2) is 35.2 Å².